The average molecular weight is 358 g/mol. The Morgan fingerprint density at radius 2 is 1.96 bits per heavy atom. The number of thioether (sulfide) groups is 1. The van der Waals surface area contributed by atoms with Crippen LogP contribution >= 0.6 is 11.8 Å². The average Bonchev–Trinajstić information content (AvgIpc) is 3.06. The fourth-order valence-corrected chi connectivity index (χ4v) is 3.26. The number of aromatic amines is 1. The van der Waals surface area contributed by atoms with E-state index < -0.39 is 18.3 Å². The van der Waals surface area contributed by atoms with Crippen LogP contribution in [-0.4, -0.2) is 39.4 Å². The zero-order valence-corrected chi connectivity index (χ0v) is 16.1. The van der Waals surface area contributed by atoms with Gasteiger partial charge in [0.05, 0.1) is 22.9 Å². The Kier molecular flexibility index (Phi) is 4.83. The molecule has 0 atom stereocenters. The lowest BCUT2D eigenvalue weighted by Gasteiger charge is -2.32. The van der Waals surface area contributed by atoms with E-state index >= 15 is 0 Å². The van der Waals surface area contributed by atoms with Crippen molar-refractivity contribution in [3.63, 3.8) is 0 Å². The van der Waals surface area contributed by atoms with Crippen LogP contribution in [0, 0.1) is 0 Å². The molecular formula is C18H23BN2O3S. The Labute approximate surface area is 152 Å². The van der Waals surface area contributed by atoms with Gasteiger partial charge in [0.1, 0.15) is 0 Å². The van der Waals surface area contributed by atoms with Crippen LogP contribution in [-0.2, 0) is 14.1 Å². The molecule has 3 rings (SSSR count). The number of H-pyrrole nitrogens is 1. The SMILES string of the molecule is CC(=O)SCC(=Cc1cccc2[nH]ncc12)B1OC(C)(C)C(C)(C)O1. The summed E-state index contributed by atoms with van der Waals surface area (Å²) < 4.78 is 12.4. The van der Waals surface area contributed by atoms with Gasteiger partial charge < -0.3 is 9.31 Å². The van der Waals surface area contributed by atoms with Crippen molar-refractivity contribution in [1.82, 2.24) is 10.2 Å². The molecule has 0 radical (unpaired) electrons. The van der Waals surface area contributed by atoms with Crippen LogP contribution in [0.1, 0.15) is 40.2 Å². The lowest BCUT2D eigenvalue weighted by atomic mass is 9.78. The lowest BCUT2D eigenvalue weighted by molar-refractivity contribution is -0.109. The summed E-state index contributed by atoms with van der Waals surface area (Å²) in [6.45, 7) is 9.68. The first-order valence-electron chi connectivity index (χ1n) is 8.31. The number of benzene rings is 1. The van der Waals surface area contributed by atoms with Crippen molar-refractivity contribution in [2.45, 2.75) is 45.8 Å². The van der Waals surface area contributed by atoms with Crippen molar-refractivity contribution < 1.29 is 14.1 Å². The Balaban J connectivity index is 1.98. The zero-order chi connectivity index (χ0) is 18.2. The molecule has 1 aromatic carbocycles. The summed E-state index contributed by atoms with van der Waals surface area (Å²) >= 11 is 1.26. The van der Waals surface area contributed by atoms with E-state index in [0.717, 1.165) is 21.9 Å². The van der Waals surface area contributed by atoms with E-state index in [-0.39, 0.29) is 5.12 Å². The summed E-state index contributed by atoms with van der Waals surface area (Å²) in [5.74, 6) is 0.528. The molecular weight excluding hydrogens is 335 g/mol. The van der Waals surface area contributed by atoms with Crippen LogP contribution in [0.3, 0.4) is 0 Å². The third-order valence-electron chi connectivity index (χ3n) is 4.86. The predicted molar refractivity (Wildman–Crippen MR) is 103 cm³/mol. The van der Waals surface area contributed by atoms with Gasteiger partial charge in [-0.1, -0.05) is 30.0 Å². The van der Waals surface area contributed by atoms with Crippen LogP contribution in [0.15, 0.2) is 29.9 Å². The van der Waals surface area contributed by atoms with Gasteiger partial charge in [-0.2, -0.15) is 5.10 Å². The summed E-state index contributed by atoms with van der Waals surface area (Å²) in [5.41, 5.74) is 2.10. The van der Waals surface area contributed by atoms with Crippen LogP contribution in [0.4, 0.5) is 0 Å². The lowest BCUT2D eigenvalue weighted by Crippen LogP contribution is -2.41. The molecule has 2 aromatic rings. The second-order valence-corrected chi connectivity index (χ2v) is 8.42. The second-order valence-electron chi connectivity index (χ2n) is 7.27. The van der Waals surface area contributed by atoms with Crippen molar-refractivity contribution in [1.29, 1.82) is 0 Å². The molecule has 0 unspecified atom stereocenters. The van der Waals surface area contributed by atoms with Gasteiger partial charge in [-0.05, 0) is 44.8 Å². The van der Waals surface area contributed by atoms with E-state index in [2.05, 4.69) is 16.3 Å². The molecule has 1 aromatic heterocycles. The minimum Gasteiger partial charge on any atom is -0.400 e. The number of aromatic nitrogens is 2. The minimum atomic E-state index is -0.473. The molecule has 1 saturated heterocycles. The summed E-state index contributed by atoms with van der Waals surface area (Å²) in [4.78, 5) is 11.5. The molecule has 2 heterocycles. The molecule has 25 heavy (non-hydrogen) atoms. The van der Waals surface area contributed by atoms with Crippen molar-refractivity contribution in [3.8, 4) is 0 Å². The maximum Gasteiger partial charge on any atom is 0.491 e. The van der Waals surface area contributed by atoms with Crippen LogP contribution in [0.2, 0.25) is 0 Å². The fourth-order valence-electron chi connectivity index (χ4n) is 2.67. The molecule has 1 fully saturated rings. The number of rotatable bonds is 4. The maximum absolute atomic E-state index is 11.5. The van der Waals surface area contributed by atoms with Crippen molar-refractivity contribution in [2.24, 2.45) is 0 Å². The molecule has 0 bridgehead atoms. The largest absolute Gasteiger partial charge is 0.491 e. The van der Waals surface area contributed by atoms with Crippen molar-refractivity contribution >= 4 is 41.0 Å². The Morgan fingerprint density at radius 1 is 1.28 bits per heavy atom. The van der Waals surface area contributed by atoms with Crippen molar-refractivity contribution in [2.75, 3.05) is 5.75 Å². The van der Waals surface area contributed by atoms with Gasteiger partial charge in [0.25, 0.3) is 0 Å². The van der Waals surface area contributed by atoms with Crippen LogP contribution in [0.5, 0.6) is 0 Å². The molecule has 1 N–H and O–H groups in total. The molecule has 1 aliphatic heterocycles. The number of nitrogens with zero attached hydrogens (tertiary/aromatic N) is 1. The number of nitrogens with one attached hydrogen (secondary N) is 1. The molecule has 0 amide bonds. The highest BCUT2D eigenvalue weighted by Gasteiger charge is 2.52. The van der Waals surface area contributed by atoms with Gasteiger partial charge in [0.2, 0.25) is 0 Å². The van der Waals surface area contributed by atoms with Gasteiger partial charge in [0, 0.05) is 18.1 Å². The molecule has 5 nitrogen and oxygen atoms in total. The van der Waals surface area contributed by atoms with Crippen LogP contribution < -0.4 is 0 Å². The molecule has 7 heteroatoms. The fraction of sp³-hybridized carbons (Fsp3) is 0.444. The highest BCUT2D eigenvalue weighted by Crippen LogP contribution is 2.39. The van der Waals surface area contributed by atoms with E-state index in [9.17, 15) is 4.79 Å². The predicted octanol–water partition coefficient (Wildman–Crippen LogP) is 3.86. The first kappa shape index (κ1) is 18.2. The zero-order valence-electron chi connectivity index (χ0n) is 15.3. The molecule has 0 spiro atoms. The third-order valence-corrected chi connectivity index (χ3v) is 5.74. The number of fused-ring (bicyclic) bond motifs is 1. The van der Waals surface area contributed by atoms with Gasteiger partial charge in [-0.25, -0.2) is 0 Å². The Morgan fingerprint density at radius 3 is 2.60 bits per heavy atom. The van der Waals surface area contributed by atoms with Gasteiger partial charge >= 0.3 is 7.12 Å². The maximum atomic E-state index is 11.5. The van der Waals surface area contributed by atoms with Crippen molar-refractivity contribution in [3.05, 3.63) is 35.4 Å². The van der Waals surface area contributed by atoms with E-state index in [1.165, 1.54) is 11.8 Å². The Hall–Kier alpha value is -1.57. The standard InChI is InChI=1S/C18H23BN2O3S/c1-12(22)25-11-14(19-23-17(2,3)18(4,5)24-19)9-13-7-6-8-16-15(13)10-20-21-16/h6-10H,11H2,1-5H3,(H,20,21). The van der Waals surface area contributed by atoms with E-state index in [4.69, 9.17) is 9.31 Å². The van der Waals surface area contributed by atoms with Crippen LogP contribution in [0.25, 0.3) is 17.0 Å². The summed E-state index contributed by atoms with van der Waals surface area (Å²) in [5, 5.41) is 8.19. The smallest absolute Gasteiger partial charge is 0.400 e. The quantitative estimate of drug-likeness (QED) is 0.841. The normalized spacial score (nSPS) is 19.6. The third kappa shape index (κ3) is 3.68. The van der Waals surface area contributed by atoms with Gasteiger partial charge in [-0.15, -0.1) is 0 Å². The van der Waals surface area contributed by atoms with Gasteiger partial charge in [0.15, 0.2) is 5.12 Å². The molecule has 0 saturated carbocycles. The van der Waals surface area contributed by atoms with E-state index in [1.807, 2.05) is 45.9 Å². The van der Waals surface area contributed by atoms with E-state index in [1.54, 1.807) is 13.1 Å². The molecule has 1 aliphatic rings. The number of carbonyl (C=O) groups is 1. The summed E-state index contributed by atoms with van der Waals surface area (Å²) in [6, 6.07) is 5.99. The number of hydrogen-bond acceptors (Lipinski definition) is 5. The monoisotopic (exact) mass is 358 g/mol. The first-order valence-corrected chi connectivity index (χ1v) is 9.30. The topological polar surface area (TPSA) is 64.2 Å². The summed E-state index contributed by atoms with van der Waals surface area (Å²) in [7, 11) is -0.473. The number of carbonyl (C=O) groups excluding carboxylic acids is 1. The first-order chi connectivity index (χ1) is 11.7. The summed E-state index contributed by atoms with van der Waals surface area (Å²) in [6.07, 6.45) is 3.86. The minimum absolute atomic E-state index is 0.0731. The Bertz CT molecular complexity index is 813. The highest BCUT2D eigenvalue weighted by atomic mass is 32.2. The second kappa shape index (κ2) is 6.63. The number of hydrogen-bond donors (Lipinski definition) is 1. The highest BCUT2D eigenvalue weighted by molar-refractivity contribution is 8.13. The van der Waals surface area contributed by atoms with E-state index in [0.29, 0.717) is 5.75 Å². The molecule has 132 valence electrons. The van der Waals surface area contributed by atoms with Gasteiger partial charge in [-0.3, -0.25) is 9.89 Å². The molecule has 0 aliphatic carbocycles.